The van der Waals surface area contributed by atoms with Crippen molar-refractivity contribution in [2.45, 2.75) is 60.4 Å². The van der Waals surface area contributed by atoms with Gasteiger partial charge in [-0.2, -0.15) is 0 Å². The number of hydrogen-bond acceptors (Lipinski definition) is 5. The van der Waals surface area contributed by atoms with Crippen LogP contribution in [0.1, 0.15) is 65.2 Å². The Morgan fingerprint density at radius 1 is 0.963 bits per heavy atom. The molecule has 27 heavy (non-hydrogen) atoms. The summed E-state index contributed by atoms with van der Waals surface area (Å²) in [7, 11) is 0. The van der Waals surface area contributed by atoms with E-state index >= 15 is 0 Å². The zero-order chi connectivity index (χ0) is 20.7. The van der Waals surface area contributed by atoms with Crippen LogP contribution in [0.4, 0.5) is 0 Å². The number of carbonyl (C=O) groups excluding carboxylic acids is 2. The Hall–Kier alpha value is -2.24. The van der Waals surface area contributed by atoms with Crippen molar-refractivity contribution < 1.29 is 23.8 Å². The molecule has 0 aliphatic rings. The summed E-state index contributed by atoms with van der Waals surface area (Å²) in [5.41, 5.74) is -0.00211. The largest absolute Gasteiger partial charge is 0.490 e. The number of amides is 1. The highest BCUT2D eigenvalue weighted by molar-refractivity contribution is 5.92. The minimum atomic E-state index is -0.581. The molecule has 0 atom stereocenters. The summed E-state index contributed by atoms with van der Waals surface area (Å²) in [5, 5.41) is 2.92. The van der Waals surface area contributed by atoms with Crippen LogP contribution in [0, 0.1) is 5.41 Å². The first-order chi connectivity index (χ1) is 12.5. The van der Waals surface area contributed by atoms with Gasteiger partial charge in [0, 0.05) is 5.54 Å². The van der Waals surface area contributed by atoms with Crippen LogP contribution in [-0.2, 0) is 9.53 Å². The van der Waals surface area contributed by atoms with E-state index in [-0.39, 0.29) is 23.5 Å². The van der Waals surface area contributed by atoms with Gasteiger partial charge < -0.3 is 19.5 Å². The number of esters is 1. The number of ether oxygens (including phenoxy) is 3. The van der Waals surface area contributed by atoms with E-state index in [1.54, 1.807) is 18.2 Å². The predicted octanol–water partition coefficient (Wildman–Crippen LogP) is 3.97. The van der Waals surface area contributed by atoms with Crippen molar-refractivity contribution in [3.63, 3.8) is 0 Å². The Kier molecular flexibility index (Phi) is 8.13. The fourth-order valence-electron chi connectivity index (χ4n) is 3.18. The quantitative estimate of drug-likeness (QED) is 0.657. The standard InChI is InChI=1S/C21H33NO5/c1-8-25-16-11-10-15(12-17(16)26-9-2)19(24)27-13-18(23)22-21(6,7)14-20(3,4)5/h10-12H,8-9,13-14H2,1-7H3,(H,22,23). The molecule has 0 saturated carbocycles. The Balaban J connectivity index is 2.68. The zero-order valence-electron chi connectivity index (χ0n) is 17.6. The third-order valence-corrected chi connectivity index (χ3v) is 3.56. The topological polar surface area (TPSA) is 73.9 Å². The monoisotopic (exact) mass is 379 g/mol. The maximum Gasteiger partial charge on any atom is 0.338 e. The first-order valence-corrected chi connectivity index (χ1v) is 9.35. The van der Waals surface area contributed by atoms with E-state index in [0.717, 1.165) is 6.42 Å². The maximum absolute atomic E-state index is 12.3. The van der Waals surface area contributed by atoms with E-state index in [2.05, 4.69) is 26.1 Å². The summed E-state index contributed by atoms with van der Waals surface area (Å²) < 4.78 is 16.1. The highest BCUT2D eigenvalue weighted by Crippen LogP contribution is 2.29. The van der Waals surface area contributed by atoms with Crippen LogP contribution in [0.2, 0.25) is 0 Å². The highest BCUT2D eigenvalue weighted by Gasteiger charge is 2.27. The molecule has 0 aromatic heterocycles. The van der Waals surface area contributed by atoms with Crippen LogP contribution >= 0.6 is 0 Å². The molecule has 152 valence electrons. The van der Waals surface area contributed by atoms with Gasteiger partial charge in [-0.05, 0) is 57.7 Å². The van der Waals surface area contributed by atoms with Gasteiger partial charge >= 0.3 is 5.97 Å². The van der Waals surface area contributed by atoms with Crippen LogP contribution in [0.25, 0.3) is 0 Å². The summed E-state index contributed by atoms with van der Waals surface area (Å²) in [4.78, 5) is 24.4. The number of hydrogen-bond donors (Lipinski definition) is 1. The van der Waals surface area contributed by atoms with Crippen molar-refractivity contribution in [3.8, 4) is 11.5 Å². The molecule has 0 radical (unpaired) electrons. The van der Waals surface area contributed by atoms with Crippen LogP contribution in [0.3, 0.4) is 0 Å². The van der Waals surface area contributed by atoms with Gasteiger partial charge in [0.2, 0.25) is 0 Å². The number of carbonyl (C=O) groups is 2. The third-order valence-electron chi connectivity index (χ3n) is 3.56. The van der Waals surface area contributed by atoms with Crippen LogP contribution in [0.5, 0.6) is 11.5 Å². The van der Waals surface area contributed by atoms with Crippen molar-refractivity contribution in [3.05, 3.63) is 23.8 Å². The van der Waals surface area contributed by atoms with E-state index < -0.39 is 5.97 Å². The lowest BCUT2D eigenvalue weighted by Crippen LogP contribution is -2.47. The molecule has 0 heterocycles. The lowest BCUT2D eigenvalue weighted by atomic mass is 9.82. The molecule has 0 unspecified atom stereocenters. The normalized spacial score (nSPS) is 11.7. The molecule has 1 rings (SSSR count). The van der Waals surface area contributed by atoms with Crippen LogP contribution in [-0.4, -0.2) is 37.2 Å². The van der Waals surface area contributed by atoms with Crippen LogP contribution < -0.4 is 14.8 Å². The summed E-state index contributed by atoms with van der Waals surface area (Å²) in [6.07, 6.45) is 0.802. The molecule has 6 nitrogen and oxygen atoms in total. The maximum atomic E-state index is 12.3. The SMILES string of the molecule is CCOc1ccc(C(=O)OCC(=O)NC(C)(C)CC(C)(C)C)cc1OCC. The lowest BCUT2D eigenvalue weighted by molar-refractivity contribution is -0.126. The third kappa shape index (κ3) is 8.33. The molecule has 0 fully saturated rings. The van der Waals surface area contributed by atoms with Crippen LogP contribution in [0.15, 0.2) is 18.2 Å². The molecule has 1 aromatic rings. The molecule has 1 N–H and O–H groups in total. The second kappa shape index (κ2) is 9.62. The molecule has 6 heteroatoms. The average Bonchev–Trinajstić information content (AvgIpc) is 2.51. The van der Waals surface area contributed by atoms with E-state index in [4.69, 9.17) is 14.2 Å². The van der Waals surface area contributed by atoms with Gasteiger partial charge in [0.25, 0.3) is 5.91 Å². The van der Waals surface area contributed by atoms with Crippen molar-refractivity contribution in [2.75, 3.05) is 19.8 Å². The molecule has 0 spiro atoms. The fraction of sp³-hybridized carbons (Fsp3) is 0.619. The van der Waals surface area contributed by atoms with Gasteiger partial charge in [-0.25, -0.2) is 4.79 Å². The average molecular weight is 379 g/mol. The smallest absolute Gasteiger partial charge is 0.338 e. The van der Waals surface area contributed by atoms with Gasteiger partial charge in [0.1, 0.15) is 0 Å². The van der Waals surface area contributed by atoms with Gasteiger partial charge in [-0.3, -0.25) is 4.79 Å². The van der Waals surface area contributed by atoms with E-state index in [0.29, 0.717) is 30.3 Å². The van der Waals surface area contributed by atoms with Gasteiger partial charge in [0.15, 0.2) is 18.1 Å². The highest BCUT2D eigenvalue weighted by atomic mass is 16.5. The Bertz CT molecular complexity index is 646. The summed E-state index contributed by atoms with van der Waals surface area (Å²) in [5.74, 6) is 0.137. The summed E-state index contributed by atoms with van der Waals surface area (Å²) in [6.45, 7) is 14.6. The van der Waals surface area contributed by atoms with Gasteiger partial charge in [-0.15, -0.1) is 0 Å². The van der Waals surface area contributed by atoms with E-state index in [1.165, 1.54) is 0 Å². The number of benzene rings is 1. The number of rotatable bonds is 9. The second-order valence-corrected chi connectivity index (χ2v) is 8.27. The lowest BCUT2D eigenvalue weighted by Gasteiger charge is -2.33. The first kappa shape index (κ1) is 22.8. The second-order valence-electron chi connectivity index (χ2n) is 8.27. The molecule has 0 aliphatic heterocycles. The molecular weight excluding hydrogens is 346 g/mol. The number of nitrogens with one attached hydrogen (secondary N) is 1. The molecule has 0 aliphatic carbocycles. The van der Waals surface area contributed by atoms with Gasteiger partial charge in [-0.1, -0.05) is 20.8 Å². The van der Waals surface area contributed by atoms with Crippen molar-refractivity contribution in [2.24, 2.45) is 5.41 Å². The Labute approximate surface area is 162 Å². The fourth-order valence-corrected chi connectivity index (χ4v) is 3.18. The summed E-state index contributed by atoms with van der Waals surface area (Å²) in [6, 6.07) is 4.83. The first-order valence-electron chi connectivity index (χ1n) is 9.35. The van der Waals surface area contributed by atoms with Crippen molar-refractivity contribution in [1.29, 1.82) is 0 Å². The van der Waals surface area contributed by atoms with E-state index in [9.17, 15) is 9.59 Å². The van der Waals surface area contributed by atoms with Crippen molar-refractivity contribution in [1.82, 2.24) is 5.32 Å². The minimum Gasteiger partial charge on any atom is -0.490 e. The zero-order valence-corrected chi connectivity index (χ0v) is 17.6. The Morgan fingerprint density at radius 2 is 1.56 bits per heavy atom. The van der Waals surface area contributed by atoms with Crippen molar-refractivity contribution >= 4 is 11.9 Å². The predicted molar refractivity (Wildman–Crippen MR) is 105 cm³/mol. The van der Waals surface area contributed by atoms with E-state index in [1.807, 2.05) is 27.7 Å². The molecular formula is C21H33NO5. The molecule has 0 saturated heterocycles. The Morgan fingerprint density at radius 3 is 2.11 bits per heavy atom. The summed E-state index contributed by atoms with van der Waals surface area (Å²) >= 11 is 0. The molecule has 1 amide bonds. The molecule has 0 bridgehead atoms. The van der Waals surface area contributed by atoms with Gasteiger partial charge in [0.05, 0.1) is 18.8 Å². The minimum absolute atomic E-state index is 0.0748. The molecule has 1 aromatic carbocycles.